The summed E-state index contributed by atoms with van der Waals surface area (Å²) in [5, 5.41) is 21.5. The Bertz CT molecular complexity index is 3150. The van der Waals surface area contributed by atoms with E-state index in [0.717, 1.165) is 43.4 Å². The van der Waals surface area contributed by atoms with Gasteiger partial charge in [0.2, 0.25) is 0 Å². The second-order valence-electron chi connectivity index (χ2n) is 16.4. The quantitative estimate of drug-likeness (QED) is 0.0607. The SMILES string of the molecule is Cc1ccc(-c2ccc(OC(=O)c3ccc(C)c(F)c3)cc2)cc1.Cc1ccc(-c2ccc(OC(=O)c3ccc(C)c([N+](=O)[O-])c3)cc2)cc1.Cc1ccc(-c2nnc(-c3ccc(C)cc3)s2)cc1. The fourth-order valence-corrected chi connectivity index (χ4v) is 7.61. The van der Waals surface area contributed by atoms with E-state index in [1.165, 1.54) is 46.5 Å². The molecule has 0 spiro atoms. The average molecular weight is 934 g/mol. The van der Waals surface area contributed by atoms with Crippen LogP contribution in [0.3, 0.4) is 0 Å². The summed E-state index contributed by atoms with van der Waals surface area (Å²) in [4.78, 5) is 34.8. The van der Waals surface area contributed by atoms with Gasteiger partial charge in [-0.2, -0.15) is 0 Å². The third-order valence-corrected chi connectivity index (χ3v) is 12.0. The molecule has 0 amide bonds. The molecule has 344 valence electrons. The second kappa shape index (κ2) is 22.4. The van der Waals surface area contributed by atoms with Crippen LogP contribution in [0.15, 0.2) is 182 Å². The van der Waals surface area contributed by atoms with Crippen LogP contribution in [0.5, 0.6) is 11.5 Å². The summed E-state index contributed by atoms with van der Waals surface area (Å²) >= 11 is 1.63. The van der Waals surface area contributed by atoms with Gasteiger partial charge in [-0.1, -0.05) is 167 Å². The van der Waals surface area contributed by atoms with E-state index in [-0.39, 0.29) is 16.8 Å². The van der Waals surface area contributed by atoms with Crippen molar-refractivity contribution in [1.82, 2.24) is 10.2 Å². The highest BCUT2D eigenvalue weighted by Crippen LogP contribution is 2.31. The van der Waals surface area contributed by atoms with Gasteiger partial charge in [0.25, 0.3) is 5.69 Å². The number of carbonyl (C=O) groups excluding carboxylic acids is 2. The number of esters is 2. The first-order valence-corrected chi connectivity index (χ1v) is 22.8. The molecule has 11 heteroatoms. The van der Waals surface area contributed by atoms with Gasteiger partial charge in [0.1, 0.15) is 27.3 Å². The van der Waals surface area contributed by atoms with Crippen LogP contribution in [0.4, 0.5) is 10.1 Å². The standard InChI is InChI=1S/C21H17FO2.C21H17NO4.C16H14N2S/c1-14-3-6-16(7-4-14)17-9-11-19(12-10-17)24-21(23)18-8-5-15(2)20(22)13-18;1-14-3-6-16(7-4-14)17-9-11-19(12-10-17)26-21(23)18-8-5-15(2)20(13-18)22(24)25;1-11-3-7-13(8-4-11)15-17-18-16(19-15)14-9-5-12(2)6-10-14/h3-13H,1-2H3;3-13H,1-2H3;3-10H,1-2H3. The maximum atomic E-state index is 13.5. The van der Waals surface area contributed by atoms with Gasteiger partial charge >= 0.3 is 11.9 Å². The molecule has 8 aromatic carbocycles. The number of benzene rings is 8. The van der Waals surface area contributed by atoms with E-state index in [1.807, 2.05) is 74.5 Å². The van der Waals surface area contributed by atoms with Gasteiger partial charge in [0, 0.05) is 22.8 Å². The molecule has 9 rings (SSSR count). The number of hydrogen-bond donors (Lipinski definition) is 0. The zero-order valence-electron chi connectivity index (χ0n) is 38.9. The Kier molecular flexibility index (Phi) is 15.7. The molecule has 0 aliphatic rings. The van der Waals surface area contributed by atoms with Crippen molar-refractivity contribution in [3.63, 3.8) is 0 Å². The molecule has 69 heavy (non-hydrogen) atoms. The van der Waals surface area contributed by atoms with Crippen LogP contribution in [-0.4, -0.2) is 27.1 Å². The number of carbonyl (C=O) groups is 2. The first-order valence-electron chi connectivity index (χ1n) is 22.0. The molecule has 0 saturated carbocycles. The van der Waals surface area contributed by atoms with Gasteiger partial charge < -0.3 is 9.47 Å². The predicted molar refractivity (Wildman–Crippen MR) is 272 cm³/mol. The van der Waals surface area contributed by atoms with Gasteiger partial charge in [-0.25, -0.2) is 14.0 Å². The van der Waals surface area contributed by atoms with Gasteiger partial charge in [-0.15, -0.1) is 10.2 Å². The van der Waals surface area contributed by atoms with E-state index in [9.17, 15) is 24.1 Å². The Balaban J connectivity index is 0.000000155. The Morgan fingerprint density at radius 1 is 0.449 bits per heavy atom. The molecule has 0 N–H and O–H groups in total. The number of rotatable bonds is 9. The molecule has 0 aliphatic carbocycles. The van der Waals surface area contributed by atoms with Crippen molar-refractivity contribution in [2.45, 2.75) is 41.5 Å². The van der Waals surface area contributed by atoms with Crippen molar-refractivity contribution in [3.8, 4) is 54.9 Å². The first-order chi connectivity index (χ1) is 33.2. The average Bonchev–Trinajstić information content (AvgIpc) is 3.85. The third kappa shape index (κ3) is 13.2. The summed E-state index contributed by atoms with van der Waals surface area (Å²) in [6.45, 7) is 11.5. The fourth-order valence-electron chi connectivity index (χ4n) is 6.76. The lowest BCUT2D eigenvalue weighted by atomic mass is 10.0. The zero-order chi connectivity index (χ0) is 49.0. The Hall–Kier alpha value is -8.41. The number of hydrogen-bond acceptors (Lipinski definition) is 9. The summed E-state index contributed by atoms with van der Waals surface area (Å²) in [6.07, 6.45) is 0. The minimum atomic E-state index is -0.629. The summed E-state index contributed by atoms with van der Waals surface area (Å²) in [6, 6.07) is 56.1. The molecule has 0 unspecified atom stereocenters. The topological polar surface area (TPSA) is 122 Å². The van der Waals surface area contributed by atoms with Crippen molar-refractivity contribution in [3.05, 3.63) is 242 Å². The monoisotopic (exact) mass is 933 g/mol. The van der Waals surface area contributed by atoms with E-state index in [1.54, 1.807) is 61.6 Å². The molecule has 1 aromatic heterocycles. The number of ether oxygens (including phenoxy) is 2. The molecule has 1 heterocycles. The number of nitrogens with zero attached hydrogens (tertiary/aromatic N) is 3. The minimum Gasteiger partial charge on any atom is -0.423 e. The van der Waals surface area contributed by atoms with Gasteiger partial charge in [-0.3, -0.25) is 10.1 Å². The lowest BCUT2D eigenvalue weighted by Gasteiger charge is -2.07. The van der Waals surface area contributed by atoms with Crippen LogP contribution in [0.1, 0.15) is 54.1 Å². The summed E-state index contributed by atoms with van der Waals surface area (Å²) < 4.78 is 24.2. The highest BCUT2D eigenvalue weighted by atomic mass is 32.1. The van der Waals surface area contributed by atoms with E-state index in [0.29, 0.717) is 22.6 Å². The predicted octanol–water partition coefficient (Wildman–Crippen LogP) is 14.9. The van der Waals surface area contributed by atoms with Crippen molar-refractivity contribution in [2.75, 3.05) is 0 Å². The number of aromatic nitrogens is 2. The van der Waals surface area contributed by atoms with E-state index < -0.39 is 22.7 Å². The van der Waals surface area contributed by atoms with Crippen molar-refractivity contribution in [2.24, 2.45) is 0 Å². The molecular weight excluding hydrogens is 886 g/mol. The fraction of sp³-hybridized carbons (Fsp3) is 0.103. The summed E-state index contributed by atoms with van der Waals surface area (Å²) in [5.74, 6) is -0.807. The molecule has 0 aliphatic heterocycles. The molecule has 9 aromatic rings. The maximum Gasteiger partial charge on any atom is 0.343 e. The molecule has 0 bridgehead atoms. The van der Waals surface area contributed by atoms with Crippen LogP contribution < -0.4 is 9.47 Å². The van der Waals surface area contributed by atoms with Crippen molar-refractivity contribution in [1.29, 1.82) is 0 Å². The van der Waals surface area contributed by atoms with Crippen LogP contribution in [-0.2, 0) is 0 Å². The van der Waals surface area contributed by atoms with Gasteiger partial charge in [-0.05, 0) is 112 Å². The van der Waals surface area contributed by atoms with E-state index >= 15 is 0 Å². The maximum absolute atomic E-state index is 13.5. The number of halogens is 1. The summed E-state index contributed by atoms with van der Waals surface area (Å²) in [5.41, 5.74) is 12.6. The lowest BCUT2D eigenvalue weighted by Crippen LogP contribution is -2.09. The Morgan fingerprint density at radius 2 is 0.768 bits per heavy atom. The molecule has 0 radical (unpaired) electrons. The van der Waals surface area contributed by atoms with Crippen LogP contribution in [0, 0.1) is 57.5 Å². The largest absolute Gasteiger partial charge is 0.423 e. The van der Waals surface area contributed by atoms with Gasteiger partial charge in [0.15, 0.2) is 0 Å². The van der Waals surface area contributed by atoms with Crippen LogP contribution >= 0.6 is 11.3 Å². The Morgan fingerprint density at radius 3 is 1.12 bits per heavy atom. The van der Waals surface area contributed by atoms with Gasteiger partial charge in [0.05, 0.1) is 16.1 Å². The molecular formula is C58H48FN3O6S. The zero-order valence-corrected chi connectivity index (χ0v) is 39.7. The van der Waals surface area contributed by atoms with Crippen molar-refractivity contribution >= 4 is 29.0 Å². The Labute approximate surface area is 404 Å². The minimum absolute atomic E-state index is 0.103. The van der Waals surface area contributed by atoms with E-state index in [4.69, 9.17) is 9.47 Å². The second-order valence-corrected chi connectivity index (χ2v) is 17.4. The lowest BCUT2D eigenvalue weighted by molar-refractivity contribution is -0.385. The number of aryl methyl sites for hydroxylation is 6. The smallest absolute Gasteiger partial charge is 0.343 e. The molecule has 9 nitrogen and oxygen atoms in total. The van der Waals surface area contributed by atoms with Crippen molar-refractivity contribution < 1.29 is 28.4 Å². The first kappa shape index (κ1) is 48.5. The number of nitro benzene ring substituents is 1. The summed E-state index contributed by atoms with van der Waals surface area (Å²) in [7, 11) is 0. The molecule has 0 fully saturated rings. The highest BCUT2D eigenvalue weighted by molar-refractivity contribution is 7.17. The van der Waals surface area contributed by atoms with Crippen LogP contribution in [0.2, 0.25) is 0 Å². The van der Waals surface area contributed by atoms with Crippen LogP contribution in [0.25, 0.3) is 43.4 Å². The molecule has 0 saturated heterocycles. The normalized spacial score (nSPS) is 10.5. The number of nitro groups is 1. The highest BCUT2D eigenvalue weighted by Gasteiger charge is 2.17. The van der Waals surface area contributed by atoms with E-state index in [2.05, 4.69) is 84.7 Å². The third-order valence-electron chi connectivity index (χ3n) is 11.0. The molecule has 0 atom stereocenters.